The third-order valence-electron chi connectivity index (χ3n) is 2.23. The molecule has 0 saturated carbocycles. The van der Waals surface area contributed by atoms with Crippen molar-refractivity contribution in [3.63, 3.8) is 0 Å². The highest BCUT2D eigenvalue weighted by molar-refractivity contribution is 5.27. The Kier molecular flexibility index (Phi) is 3.16. The van der Waals surface area contributed by atoms with E-state index in [1.807, 2.05) is 6.92 Å². The Hall–Kier alpha value is -1.88. The van der Waals surface area contributed by atoms with Gasteiger partial charge in [-0.25, -0.2) is 4.98 Å². The molecular formula is C11H14N4O. The molecule has 5 nitrogen and oxygen atoms in total. The highest BCUT2D eigenvalue weighted by Crippen LogP contribution is 2.14. The van der Waals surface area contributed by atoms with E-state index in [1.165, 1.54) is 0 Å². The van der Waals surface area contributed by atoms with Crippen molar-refractivity contribution < 1.29 is 5.11 Å². The van der Waals surface area contributed by atoms with Crippen LogP contribution >= 0.6 is 0 Å². The molecule has 0 amide bonds. The maximum absolute atomic E-state index is 9.57. The van der Waals surface area contributed by atoms with Gasteiger partial charge in [-0.05, 0) is 19.1 Å². The van der Waals surface area contributed by atoms with Gasteiger partial charge in [0.2, 0.25) is 0 Å². The van der Waals surface area contributed by atoms with E-state index in [4.69, 9.17) is 0 Å². The molecule has 0 aliphatic rings. The first kappa shape index (κ1) is 10.6. The van der Waals surface area contributed by atoms with E-state index in [0.29, 0.717) is 18.8 Å². The fourth-order valence-electron chi connectivity index (χ4n) is 1.43. The third kappa shape index (κ3) is 2.58. The third-order valence-corrected chi connectivity index (χ3v) is 2.23. The zero-order valence-corrected chi connectivity index (χ0v) is 9.07. The van der Waals surface area contributed by atoms with E-state index < -0.39 is 0 Å². The summed E-state index contributed by atoms with van der Waals surface area (Å²) in [5.41, 5.74) is 1.55. The molecule has 2 aromatic heterocycles. The number of H-pyrrole nitrogens is 1. The molecular weight excluding hydrogens is 204 g/mol. The second-order valence-electron chi connectivity index (χ2n) is 3.56. The van der Waals surface area contributed by atoms with Crippen molar-refractivity contribution in [1.29, 1.82) is 0 Å². The molecule has 0 spiro atoms. The van der Waals surface area contributed by atoms with E-state index in [2.05, 4.69) is 20.3 Å². The Morgan fingerprint density at radius 2 is 2.25 bits per heavy atom. The molecule has 2 rings (SSSR count). The highest BCUT2D eigenvalue weighted by Gasteiger charge is 2.02. The lowest BCUT2D eigenvalue weighted by atomic mass is 10.3. The molecule has 2 heterocycles. The van der Waals surface area contributed by atoms with Gasteiger partial charge in [-0.3, -0.25) is 4.98 Å². The standard InChI is InChI=1S/C11H14N4O/c1-8-2-3-10(16)9(15-8)6-12-7-11-13-4-5-14-11/h2-5,12,16H,6-7H2,1H3,(H,13,14). The fourth-order valence-corrected chi connectivity index (χ4v) is 1.43. The minimum atomic E-state index is 0.220. The van der Waals surface area contributed by atoms with Gasteiger partial charge < -0.3 is 15.4 Å². The molecule has 0 bridgehead atoms. The number of pyridine rings is 1. The minimum absolute atomic E-state index is 0.220. The van der Waals surface area contributed by atoms with Crippen LogP contribution in [-0.4, -0.2) is 20.1 Å². The minimum Gasteiger partial charge on any atom is -0.506 e. The van der Waals surface area contributed by atoms with Crippen LogP contribution in [0.4, 0.5) is 0 Å². The summed E-state index contributed by atoms with van der Waals surface area (Å²) in [5.74, 6) is 1.09. The summed E-state index contributed by atoms with van der Waals surface area (Å²) in [7, 11) is 0. The first-order valence-corrected chi connectivity index (χ1v) is 5.10. The van der Waals surface area contributed by atoms with Crippen molar-refractivity contribution in [2.24, 2.45) is 0 Å². The molecule has 16 heavy (non-hydrogen) atoms. The number of aromatic hydroxyl groups is 1. The summed E-state index contributed by atoms with van der Waals surface area (Å²) in [4.78, 5) is 11.3. The zero-order chi connectivity index (χ0) is 11.4. The number of hydrogen-bond donors (Lipinski definition) is 3. The Bertz CT molecular complexity index is 453. The van der Waals surface area contributed by atoms with E-state index in [1.54, 1.807) is 24.5 Å². The molecule has 5 heteroatoms. The van der Waals surface area contributed by atoms with Crippen molar-refractivity contribution in [2.45, 2.75) is 20.0 Å². The van der Waals surface area contributed by atoms with Gasteiger partial charge in [0, 0.05) is 24.6 Å². The van der Waals surface area contributed by atoms with E-state index >= 15 is 0 Å². The van der Waals surface area contributed by atoms with Crippen molar-refractivity contribution in [2.75, 3.05) is 0 Å². The predicted octanol–water partition coefficient (Wildman–Crippen LogP) is 1.11. The summed E-state index contributed by atoms with van der Waals surface area (Å²) >= 11 is 0. The van der Waals surface area contributed by atoms with Crippen molar-refractivity contribution in [3.8, 4) is 5.75 Å². The summed E-state index contributed by atoms with van der Waals surface area (Å²) in [5, 5.41) is 12.7. The molecule has 0 saturated heterocycles. The van der Waals surface area contributed by atoms with Crippen LogP contribution in [0.25, 0.3) is 0 Å². The van der Waals surface area contributed by atoms with E-state index in [-0.39, 0.29) is 5.75 Å². The maximum atomic E-state index is 9.57. The summed E-state index contributed by atoms with van der Waals surface area (Å²) in [6, 6.07) is 3.44. The number of hydrogen-bond acceptors (Lipinski definition) is 4. The van der Waals surface area contributed by atoms with Gasteiger partial charge in [-0.1, -0.05) is 0 Å². The zero-order valence-electron chi connectivity index (χ0n) is 9.07. The highest BCUT2D eigenvalue weighted by atomic mass is 16.3. The number of imidazole rings is 1. The van der Waals surface area contributed by atoms with Gasteiger partial charge in [-0.2, -0.15) is 0 Å². The fraction of sp³-hybridized carbons (Fsp3) is 0.273. The Labute approximate surface area is 93.6 Å². The van der Waals surface area contributed by atoms with Gasteiger partial charge in [0.15, 0.2) is 0 Å². The van der Waals surface area contributed by atoms with Crippen LogP contribution in [0.15, 0.2) is 24.5 Å². The normalized spacial score (nSPS) is 10.6. The summed E-state index contributed by atoms with van der Waals surface area (Å²) in [6.07, 6.45) is 3.48. The van der Waals surface area contributed by atoms with E-state index in [9.17, 15) is 5.11 Å². The SMILES string of the molecule is Cc1ccc(O)c(CNCc2ncc[nH]2)n1. The number of rotatable bonds is 4. The quantitative estimate of drug-likeness (QED) is 0.718. The van der Waals surface area contributed by atoms with Gasteiger partial charge in [0.1, 0.15) is 11.6 Å². The van der Waals surface area contributed by atoms with Crippen LogP contribution in [0.5, 0.6) is 5.75 Å². The predicted molar refractivity (Wildman–Crippen MR) is 59.8 cm³/mol. The van der Waals surface area contributed by atoms with Crippen LogP contribution in [0.3, 0.4) is 0 Å². The van der Waals surface area contributed by atoms with E-state index in [0.717, 1.165) is 11.5 Å². The lowest BCUT2D eigenvalue weighted by Gasteiger charge is -2.05. The maximum Gasteiger partial charge on any atom is 0.138 e. The number of aromatic nitrogens is 3. The van der Waals surface area contributed by atoms with Gasteiger partial charge >= 0.3 is 0 Å². The second kappa shape index (κ2) is 4.76. The van der Waals surface area contributed by atoms with Crippen LogP contribution in [0.1, 0.15) is 17.2 Å². The Balaban J connectivity index is 1.92. The first-order chi connectivity index (χ1) is 7.75. The molecule has 0 radical (unpaired) electrons. The molecule has 3 N–H and O–H groups in total. The topological polar surface area (TPSA) is 73.8 Å². The van der Waals surface area contributed by atoms with Gasteiger partial charge in [0.25, 0.3) is 0 Å². The molecule has 0 atom stereocenters. The average Bonchev–Trinajstić information content (AvgIpc) is 2.76. The van der Waals surface area contributed by atoms with Gasteiger partial charge in [0.05, 0.1) is 12.2 Å². The van der Waals surface area contributed by atoms with Crippen LogP contribution in [-0.2, 0) is 13.1 Å². The molecule has 0 aliphatic carbocycles. The summed E-state index contributed by atoms with van der Waals surface area (Å²) < 4.78 is 0. The number of aryl methyl sites for hydroxylation is 1. The molecule has 0 fully saturated rings. The number of nitrogens with zero attached hydrogens (tertiary/aromatic N) is 2. The van der Waals surface area contributed by atoms with Crippen molar-refractivity contribution >= 4 is 0 Å². The monoisotopic (exact) mass is 218 g/mol. The van der Waals surface area contributed by atoms with Crippen LogP contribution < -0.4 is 5.32 Å². The number of nitrogens with one attached hydrogen (secondary N) is 2. The Morgan fingerprint density at radius 3 is 3.00 bits per heavy atom. The van der Waals surface area contributed by atoms with Crippen LogP contribution in [0, 0.1) is 6.92 Å². The molecule has 0 unspecified atom stereocenters. The second-order valence-corrected chi connectivity index (χ2v) is 3.56. The average molecular weight is 218 g/mol. The summed E-state index contributed by atoms with van der Waals surface area (Å²) in [6.45, 7) is 3.05. The smallest absolute Gasteiger partial charge is 0.138 e. The Morgan fingerprint density at radius 1 is 1.38 bits per heavy atom. The van der Waals surface area contributed by atoms with Gasteiger partial charge in [-0.15, -0.1) is 0 Å². The van der Waals surface area contributed by atoms with Crippen molar-refractivity contribution in [1.82, 2.24) is 20.3 Å². The van der Waals surface area contributed by atoms with Crippen LogP contribution in [0.2, 0.25) is 0 Å². The molecule has 2 aromatic rings. The largest absolute Gasteiger partial charge is 0.506 e. The molecule has 84 valence electrons. The lowest BCUT2D eigenvalue weighted by Crippen LogP contribution is -2.15. The van der Waals surface area contributed by atoms with Crippen molar-refractivity contribution in [3.05, 3.63) is 41.7 Å². The molecule has 0 aromatic carbocycles. The number of aromatic amines is 1. The molecule has 0 aliphatic heterocycles. The lowest BCUT2D eigenvalue weighted by molar-refractivity contribution is 0.458. The first-order valence-electron chi connectivity index (χ1n) is 5.10.